The summed E-state index contributed by atoms with van der Waals surface area (Å²) in [7, 11) is 0. The summed E-state index contributed by atoms with van der Waals surface area (Å²) in [5, 5.41) is 0.885. The van der Waals surface area contributed by atoms with Gasteiger partial charge >= 0.3 is 0 Å². The summed E-state index contributed by atoms with van der Waals surface area (Å²) in [4.78, 5) is 0. The molecular formula is C13H17BrO2. The van der Waals surface area contributed by atoms with Crippen LogP contribution >= 0.6 is 15.9 Å². The van der Waals surface area contributed by atoms with Gasteiger partial charge in [0.15, 0.2) is 0 Å². The zero-order valence-corrected chi connectivity index (χ0v) is 10.9. The molecule has 0 unspecified atom stereocenters. The SMILES string of the molecule is BrCC1(OCc2ccccc2)CCOCC1. The van der Waals surface area contributed by atoms with Crippen LogP contribution < -0.4 is 0 Å². The third kappa shape index (κ3) is 3.06. The maximum absolute atomic E-state index is 6.08. The minimum atomic E-state index is -0.0336. The molecule has 1 aromatic carbocycles. The number of benzene rings is 1. The lowest BCUT2D eigenvalue weighted by molar-refractivity contribution is -0.103. The second-order valence-corrected chi connectivity index (χ2v) is 4.76. The Labute approximate surface area is 105 Å². The van der Waals surface area contributed by atoms with Gasteiger partial charge in [0.1, 0.15) is 0 Å². The van der Waals surface area contributed by atoms with Crippen molar-refractivity contribution in [2.45, 2.75) is 25.0 Å². The molecule has 0 spiro atoms. The topological polar surface area (TPSA) is 18.5 Å². The van der Waals surface area contributed by atoms with E-state index in [-0.39, 0.29) is 5.60 Å². The molecule has 0 aromatic heterocycles. The third-order valence-electron chi connectivity index (χ3n) is 3.04. The van der Waals surface area contributed by atoms with Gasteiger partial charge in [-0.05, 0) is 5.56 Å². The Kier molecular flexibility index (Phi) is 4.38. The second kappa shape index (κ2) is 5.80. The number of hydrogen-bond acceptors (Lipinski definition) is 2. The summed E-state index contributed by atoms with van der Waals surface area (Å²) in [5.41, 5.74) is 1.20. The lowest BCUT2D eigenvalue weighted by Crippen LogP contribution is -2.40. The van der Waals surface area contributed by atoms with Crippen molar-refractivity contribution in [3.8, 4) is 0 Å². The van der Waals surface area contributed by atoms with Crippen LogP contribution in [0.3, 0.4) is 0 Å². The van der Waals surface area contributed by atoms with Crippen LogP contribution in [0, 0.1) is 0 Å². The number of hydrogen-bond donors (Lipinski definition) is 0. The number of alkyl halides is 1. The first-order valence-electron chi connectivity index (χ1n) is 5.66. The van der Waals surface area contributed by atoms with Crippen LogP contribution in [0.5, 0.6) is 0 Å². The average Bonchev–Trinajstić information content (AvgIpc) is 2.39. The minimum Gasteiger partial charge on any atom is -0.381 e. The first-order valence-corrected chi connectivity index (χ1v) is 6.78. The molecule has 0 N–H and O–H groups in total. The monoisotopic (exact) mass is 284 g/mol. The molecule has 1 heterocycles. The van der Waals surface area contributed by atoms with E-state index in [9.17, 15) is 0 Å². The van der Waals surface area contributed by atoms with E-state index in [4.69, 9.17) is 9.47 Å². The molecule has 0 bridgehead atoms. The van der Waals surface area contributed by atoms with E-state index < -0.39 is 0 Å². The molecule has 3 heteroatoms. The van der Waals surface area contributed by atoms with Gasteiger partial charge in [0.05, 0.1) is 12.2 Å². The first kappa shape index (κ1) is 12.1. The molecule has 1 fully saturated rings. The van der Waals surface area contributed by atoms with Crippen molar-refractivity contribution in [2.75, 3.05) is 18.5 Å². The summed E-state index contributed by atoms with van der Waals surface area (Å²) in [6.45, 7) is 2.30. The Morgan fingerprint density at radius 1 is 1.19 bits per heavy atom. The van der Waals surface area contributed by atoms with Crippen molar-refractivity contribution in [3.05, 3.63) is 35.9 Å². The second-order valence-electron chi connectivity index (χ2n) is 4.20. The number of ether oxygens (including phenoxy) is 2. The lowest BCUT2D eigenvalue weighted by atomic mass is 9.96. The van der Waals surface area contributed by atoms with Crippen LogP contribution in [0.25, 0.3) is 0 Å². The molecule has 2 rings (SSSR count). The van der Waals surface area contributed by atoms with Gasteiger partial charge in [-0.2, -0.15) is 0 Å². The fourth-order valence-electron chi connectivity index (χ4n) is 1.87. The van der Waals surface area contributed by atoms with E-state index in [0.717, 1.165) is 31.4 Å². The van der Waals surface area contributed by atoms with Gasteiger partial charge < -0.3 is 9.47 Å². The Balaban J connectivity index is 1.92. The quantitative estimate of drug-likeness (QED) is 0.791. The van der Waals surface area contributed by atoms with Crippen LogP contribution in [0.4, 0.5) is 0 Å². The molecule has 1 aliphatic rings. The molecule has 0 atom stereocenters. The van der Waals surface area contributed by atoms with Gasteiger partial charge in [-0.1, -0.05) is 46.3 Å². The van der Waals surface area contributed by atoms with E-state index in [2.05, 4.69) is 28.1 Å². The summed E-state index contributed by atoms with van der Waals surface area (Å²) in [6.07, 6.45) is 1.95. The average molecular weight is 285 g/mol. The molecule has 1 aromatic rings. The van der Waals surface area contributed by atoms with Gasteiger partial charge in [-0.3, -0.25) is 0 Å². The Hall–Kier alpha value is -0.380. The van der Waals surface area contributed by atoms with Crippen LogP contribution in [0.2, 0.25) is 0 Å². The Bertz CT molecular complexity index is 307. The maximum atomic E-state index is 6.08. The molecule has 1 saturated heterocycles. The van der Waals surface area contributed by atoms with Crippen LogP contribution in [-0.4, -0.2) is 24.1 Å². The van der Waals surface area contributed by atoms with E-state index in [1.54, 1.807) is 0 Å². The van der Waals surface area contributed by atoms with Crippen molar-refractivity contribution < 1.29 is 9.47 Å². The highest BCUT2D eigenvalue weighted by atomic mass is 79.9. The van der Waals surface area contributed by atoms with E-state index in [1.165, 1.54) is 5.56 Å². The van der Waals surface area contributed by atoms with Crippen LogP contribution in [0.1, 0.15) is 18.4 Å². The minimum absolute atomic E-state index is 0.0336. The normalized spacial score (nSPS) is 19.6. The fraction of sp³-hybridized carbons (Fsp3) is 0.538. The van der Waals surface area contributed by atoms with Crippen molar-refractivity contribution in [1.82, 2.24) is 0 Å². The zero-order chi connectivity index (χ0) is 11.3. The smallest absolute Gasteiger partial charge is 0.0827 e. The number of rotatable bonds is 4. The van der Waals surface area contributed by atoms with Crippen molar-refractivity contribution in [1.29, 1.82) is 0 Å². The van der Waals surface area contributed by atoms with Crippen LogP contribution in [-0.2, 0) is 16.1 Å². The first-order chi connectivity index (χ1) is 7.85. The van der Waals surface area contributed by atoms with Gasteiger partial charge in [0.25, 0.3) is 0 Å². The summed E-state index contributed by atoms with van der Waals surface area (Å²) in [5.74, 6) is 0. The fourth-order valence-corrected chi connectivity index (χ4v) is 2.59. The highest BCUT2D eigenvalue weighted by Crippen LogP contribution is 2.28. The molecule has 88 valence electrons. The molecule has 0 amide bonds. The lowest BCUT2D eigenvalue weighted by Gasteiger charge is -2.35. The molecule has 0 aliphatic carbocycles. The molecular weight excluding hydrogens is 268 g/mol. The van der Waals surface area contributed by atoms with Gasteiger partial charge in [0, 0.05) is 31.4 Å². The summed E-state index contributed by atoms with van der Waals surface area (Å²) < 4.78 is 11.5. The molecule has 2 nitrogen and oxygen atoms in total. The van der Waals surface area contributed by atoms with Crippen molar-refractivity contribution in [2.24, 2.45) is 0 Å². The largest absolute Gasteiger partial charge is 0.381 e. The van der Waals surface area contributed by atoms with E-state index in [0.29, 0.717) is 6.61 Å². The molecule has 0 saturated carbocycles. The van der Waals surface area contributed by atoms with Gasteiger partial charge in [0.2, 0.25) is 0 Å². The predicted octanol–water partition coefficient (Wildman–Crippen LogP) is 3.15. The van der Waals surface area contributed by atoms with Crippen molar-refractivity contribution >= 4 is 15.9 Å². The summed E-state index contributed by atoms with van der Waals surface area (Å²) >= 11 is 3.56. The molecule has 16 heavy (non-hydrogen) atoms. The Morgan fingerprint density at radius 2 is 1.88 bits per heavy atom. The van der Waals surface area contributed by atoms with Gasteiger partial charge in [-0.25, -0.2) is 0 Å². The third-order valence-corrected chi connectivity index (χ3v) is 4.06. The van der Waals surface area contributed by atoms with Gasteiger partial charge in [-0.15, -0.1) is 0 Å². The highest BCUT2D eigenvalue weighted by Gasteiger charge is 2.32. The summed E-state index contributed by atoms with van der Waals surface area (Å²) in [6, 6.07) is 10.3. The predicted molar refractivity (Wildman–Crippen MR) is 67.8 cm³/mol. The molecule has 1 aliphatic heterocycles. The highest BCUT2D eigenvalue weighted by molar-refractivity contribution is 9.09. The van der Waals surface area contributed by atoms with E-state index in [1.807, 2.05) is 18.2 Å². The zero-order valence-electron chi connectivity index (χ0n) is 9.32. The number of halogens is 1. The molecule has 0 radical (unpaired) electrons. The standard InChI is InChI=1S/C13H17BrO2/c14-11-13(6-8-15-9-7-13)16-10-12-4-2-1-3-5-12/h1-5H,6-11H2. The van der Waals surface area contributed by atoms with Crippen LogP contribution in [0.15, 0.2) is 30.3 Å². The van der Waals surface area contributed by atoms with Crippen molar-refractivity contribution in [3.63, 3.8) is 0 Å². The maximum Gasteiger partial charge on any atom is 0.0827 e. The Morgan fingerprint density at radius 3 is 2.50 bits per heavy atom. The van der Waals surface area contributed by atoms with E-state index >= 15 is 0 Å².